The summed E-state index contributed by atoms with van der Waals surface area (Å²) in [6.45, 7) is 4.73. The maximum Gasteiger partial charge on any atom is 0.0626 e. The van der Waals surface area contributed by atoms with E-state index >= 15 is 0 Å². The van der Waals surface area contributed by atoms with E-state index in [1.165, 1.54) is 109 Å². The molecule has 1 aliphatic carbocycles. The second kappa shape index (κ2) is 13.0. The lowest BCUT2D eigenvalue weighted by molar-refractivity contribution is 0.660. The van der Waals surface area contributed by atoms with Gasteiger partial charge in [-0.2, -0.15) is 0 Å². The summed E-state index contributed by atoms with van der Waals surface area (Å²) in [7, 11) is 0. The first kappa shape index (κ1) is 34.1. The Kier molecular flexibility index (Phi) is 7.51. The van der Waals surface area contributed by atoms with Crippen molar-refractivity contribution >= 4 is 53.3 Å². The van der Waals surface area contributed by atoms with Crippen molar-refractivity contribution in [2.75, 3.05) is 0 Å². The molecule has 0 saturated heterocycles. The van der Waals surface area contributed by atoms with Crippen LogP contribution in [0.5, 0.6) is 0 Å². The number of rotatable bonds is 5. The Bertz CT molecular complexity index is 3420. The molecule has 1 nitrogen and oxygen atoms in total. The first-order valence-electron chi connectivity index (χ1n) is 20.5. The van der Waals surface area contributed by atoms with Gasteiger partial charge in [0.05, 0.1) is 11.0 Å². The smallest absolute Gasteiger partial charge is 0.0626 e. The van der Waals surface area contributed by atoms with E-state index in [1.54, 1.807) is 0 Å². The van der Waals surface area contributed by atoms with Gasteiger partial charge in [0.1, 0.15) is 0 Å². The van der Waals surface area contributed by atoms with Crippen molar-refractivity contribution in [3.8, 4) is 61.3 Å². The number of benzene rings is 9. The van der Waals surface area contributed by atoms with E-state index in [1.807, 2.05) is 11.3 Å². The highest BCUT2D eigenvalue weighted by Gasteiger charge is 2.35. The molecule has 12 rings (SSSR count). The minimum Gasteiger partial charge on any atom is -0.309 e. The summed E-state index contributed by atoms with van der Waals surface area (Å²) in [5.74, 6) is 0. The fourth-order valence-electron chi connectivity index (χ4n) is 9.88. The van der Waals surface area contributed by atoms with Crippen LogP contribution in [-0.4, -0.2) is 4.57 Å². The number of hydrogen-bond donors (Lipinski definition) is 0. The molecule has 59 heavy (non-hydrogen) atoms. The molecule has 0 fully saturated rings. The first-order chi connectivity index (χ1) is 29.0. The molecule has 0 unspecified atom stereocenters. The van der Waals surface area contributed by atoms with Crippen molar-refractivity contribution in [1.82, 2.24) is 4.57 Å². The van der Waals surface area contributed by atoms with Crippen LogP contribution in [0.2, 0.25) is 0 Å². The van der Waals surface area contributed by atoms with Gasteiger partial charge in [-0.25, -0.2) is 0 Å². The molecule has 0 aliphatic heterocycles. The number of para-hydroxylation sites is 1. The van der Waals surface area contributed by atoms with E-state index in [-0.39, 0.29) is 5.41 Å². The maximum atomic E-state index is 2.52. The minimum atomic E-state index is -0.0547. The van der Waals surface area contributed by atoms with Crippen LogP contribution >= 0.6 is 11.3 Å². The second-order valence-electron chi connectivity index (χ2n) is 16.5. The second-order valence-corrected chi connectivity index (χ2v) is 17.6. The van der Waals surface area contributed by atoms with Gasteiger partial charge >= 0.3 is 0 Å². The van der Waals surface area contributed by atoms with Crippen LogP contribution in [-0.2, 0) is 5.41 Å². The highest BCUT2D eigenvalue weighted by molar-refractivity contribution is 7.26. The standard InChI is InChI=1S/C57H39NS/c1-57(2)49-21-13-12-20-44(49)45-29-26-41(33-50(45)57)40-28-31-52-48(32-40)54-53(59-52)35-47(39-24-22-38(23-25-39)36-14-6-3-7-15-36)56-55(54)46-30-27-42(37-16-8-4-9-17-37)34-51(46)58(56)43-18-10-5-11-19-43/h3-35H,1-2H3. The summed E-state index contributed by atoms with van der Waals surface area (Å²) in [5.41, 5.74) is 18.9. The van der Waals surface area contributed by atoms with Crippen molar-refractivity contribution in [1.29, 1.82) is 0 Å². The molecule has 2 aromatic heterocycles. The summed E-state index contributed by atoms with van der Waals surface area (Å²) in [4.78, 5) is 0. The van der Waals surface area contributed by atoms with E-state index in [2.05, 4.69) is 219 Å². The Balaban J connectivity index is 1.15. The molecule has 2 heteroatoms. The zero-order valence-corrected chi connectivity index (χ0v) is 33.7. The van der Waals surface area contributed by atoms with Crippen molar-refractivity contribution < 1.29 is 0 Å². The molecule has 0 radical (unpaired) electrons. The van der Waals surface area contributed by atoms with E-state index < -0.39 is 0 Å². The number of thiophene rings is 1. The molecular weight excluding hydrogens is 731 g/mol. The average molecular weight is 770 g/mol. The van der Waals surface area contributed by atoms with Gasteiger partial charge in [-0.3, -0.25) is 0 Å². The largest absolute Gasteiger partial charge is 0.309 e. The molecule has 2 heterocycles. The molecule has 0 saturated carbocycles. The molecule has 278 valence electrons. The normalized spacial score (nSPS) is 13.1. The third kappa shape index (κ3) is 5.23. The monoisotopic (exact) mass is 769 g/mol. The minimum absolute atomic E-state index is 0.0547. The summed E-state index contributed by atoms with van der Waals surface area (Å²) in [6, 6.07) is 74.2. The molecule has 0 spiro atoms. The van der Waals surface area contributed by atoms with Gasteiger partial charge in [0.25, 0.3) is 0 Å². The number of nitrogens with zero attached hydrogens (tertiary/aromatic N) is 1. The van der Waals surface area contributed by atoms with E-state index in [9.17, 15) is 0 Å². The van der Waals surface area contributed by atoms with E-state index in [4.69, 9.17) is 0 Å². The summed E-state index contributed by atoms with van der Waals surface area (Å²) < 4.78 is 5.12. The van der Waals surface area contributed by atoms with Gasteiger partial charge in [0.15, 0.2) is 0 Å². The zero-order chi connectivity index (χ0) is 39.2. The van der Waals surface area contributed by atoms with Crippen LogP contribution in [0.25, 0.3) is 103 Å². The fourth-order valence-corrected chi connectivity index (χ4v) is 11.0. The van der Waals surface area contributed by atoms with Gasteiger partial charge in [-0.15, -0.1) is 11.3 Å². The number of aromatic nitrogens is 1. The quantitative estimate of drug-likeness (QED) is 0.164. The Hall–Kier alpha value is -7.00. The van der Waals surface area contributed by atoms with E-state index in [0.717, 1.165) is 5.69 Å². The molecule has 0 amide bonds. The zero-order valence-electron chi connectivity index (χ0n) is 32.9. The summed E-state index contributed by atoms with van der Waals surface area (Å²) in [6.07, 6.45) is 0. The Morgan fingerprint density at radius 1 is 0.373 bits per heavy atom. The van der Waals surface area contributed by atoms with Crippen LogP contribution in [0.1, 0.15) is 25.0 Å². The van der Waals surface area contributed by atoms with Gasteiger partial charge in [0.2, 0.25) is 0 Å². The first-order valence-corrected chi connectivity index (χ1v) is 21.3. The highest BCUT2D eigenvalue weighted by Crippen LogP contribution is 2.51. The third-order valence-corrected chi connectivity index (χ3v) is 13.9. The topological polar surface area (TPSA) is 4.93 Å². The lowest BCUT2D eigenvalue weighted by atomic mass is 9.81. The Morgan fingerprint density at radius 3 is 1.69 bits per heavy atom. The lowest BCUT2D eigenvalue weighted by Gasteiger charge is -2.22. The predicted octanol–water partition coefficient (Wildman–Crippen LogP) is 16.1. The van der Waals surface area contributed by atoms with Crippen LogP contribution in [0.15, 0.2) is 200 Å². The summed E-state index contributed by atoms with van der Waals surface area (Å²) in [5, 5.41) is 5.20. The van der Waals surface area contributed by atoms with Gasteiger partial charge in [-0.1, -0.05) is 172 Å². The molecule has 0 atom stereocenters. The number of hydrogen-bond acceptors (Lipinski definition) is 1. The van der Waals surface area contributed by atoms with Gasteiger partial charge in [0, 0.05) is 47.6 Å². The molecule has 0 N–H and O–H groups in total. The Morgan fingerprint density at radius 2 is 0.932 bits per heavy atom. The maximum absolute atomic E-state index is 2.52. The van der Waals surface area contributed by atoms with Crippen LogP contribution in [0, 0.1) is 0 Å². The van der Waals surface area contributed by atoms with E-state index in [0.29, 0.717) is 0 Å². The molecule has 9 aromatic carbocycles. The van der Waals surface area contributed by atoms with Crippen molar-refractivity contribution in [3.63, 3.8) is 0 Å². The molecule has 1 aliphatic rings. The number of fused-ring (bicyclic) bond motifs is 10. The van der Waals surface area contributed by atoms with Crippen molar-refractivity contribution in [2.45, 2.75) is 19.3 Å². The average Bonchev–Trinajstić information content (AvgIpc) is 3.91. The fraction of sp³-hybridized carbons (Fsp3) is 0.0526. The SMILES string of the molecule is CC1(C)c2ccccc2-c2ccc(-c3ccc4sc5cc(-c6ccc(-c7ccccc7)cc6)c6c(c7ccc(-c8ccccc8)cc7n6-c6ccccc6)c5c4c3)cc21. The molecular formula is C57H39NS. The van der Waals surface area contributed by atoms with Gasteiger partial charge < -0.3 is 4.57 Å². The Labute approximate surface area is 348 Å². The summed E-state index contributed by atoms with van der Waals surface area (Å²) >= 11 is 1.91. The molecule has 11 aromatic rings. The van der Waals surface area contributed by atoms with Crippen LogP contribution < -0.4 is 0 Å². The lowest BCUT2D eigenvalue weighted by Crippen LogP contribution is -2.14. The predicted molar refractivity (Wildman–Crippen MR) is 253 cm³/mol. The van der Waals surface area contributed by atoms with Gasteiger partial charge in [-0.05, 0) is 104 Å². The van der Waals surface area contributed by atoms with Crippen molar-refractivity contribution in [3.05, 3.63) is 211 Å². The van der Waals surface area contributed by atoms with Crippen LogP contribution in [0.4, 0.5) is 0 Å². The molecule has 0 bridgehead atoms. The third-order valence-electron chi connectivity index (χ3n) is 12.8. The highest BCUT2D eigenvalue weighted by atomic mass is 32.1. The van der Waals surface area contributed by atoms with Crippen molar-refractivity contribution in [2.24, 2.45) is 0 Å². The van der Waals surface area contributed by atoms with Crippen LogP contribution in [0.3, 0.4) is 0 Å².